The first kappa shape index (κ1) is 45.4. The van der Waals surface area contributed by atoms with E-state index in [2.05, 4.69) is 10.3 Å². The van der Waals surface area contributed by atoms with Crippen LogP contribution >= 0.6 is 11.8 Å². The summed E-state index contributed by atoms with van der Waals surface area (Å²) < 4.78 is 36.4. The Labute approximate surface area is 334 Å². The van der Waals surface area contributed by atoms with Crippen LogP contribution in [0.4, 0.5) is 4.79 Å². The topological polar surface area (TPSA) is 176 Å². The standard InChI is InChI=1S/C41H61N3O11S/c1-12-31-40(7,55-38(49)42-18-15-19-56-39-43-28-16-13-14-17-30(28)52-39)21-23(2)32(45)24(3)22-41(8,50-11)35(26(5)33(46)27(6)36(48)53-31)54-37-34(47)29(44(9)10)20-25(4)51-37/h13-14,16-17,21,24-27,29,31,34-35,37,47H,12,15,18-20,22H2,1-11H3,(H,42,49)/b23-21+/t24-,25-,26+,27-,29+,31-,34-,35-,37+,40+,41-/m1/s1. The molecule has 56 heavy (non-hydrogen) atoms. The molecular formula is C41H61N3O11S. The van der Waals surface area contributed by atoms with Crippen LogP contribution in [0.15, 0.2) is 45.6 Å². The Bertz CT molecular complexity index is 1680. The summed E-state index contributed by atoms with van der Waals surface area (Å²) in [7, 11) is 5.20. The minimum absolute atomic E-state index is 0.112. The molecule has 1 aromatic heterocycles. The van der Waals surface area contributed by atoms with E-state index in [1.807, 2.05) is 50.2 Å². The van der Waals surface area contributed by atoms with Crippen LogP contribution in [-0.2, 0) is 38.1 Å². The molecule has 2 aliphatic heterocycles. The van der Waals surface area contributed by atoms with E-state index in [0.29, 0.717) is 29.4 Å². The second kappa shape index (κ2) is 19.4. The van der Waals surface area contributed by atoms with Crippen molar-refractivity contribution in [3.63, 3.8) is 0 Å². The SMILES string of the molecule is CC[C@H]1OC(=O)[C@H](C)C(=O)[C@H](C)[C@@H](O[C@@H]2O[C@H](C)C[C@H](N(C)C)[C@H]2O)[C@](C)(OC)C[C@@H](C)C(=O)/C(C)=C/[C@]1(C)OC(=O)NCCCSc1nc2ccccc2o1. The zero-order valence-electron chi connectivity index (χ0n) is 34.7. The Morgan fingerprint density at radius 3 is 2.46 bits per heavy atom. The average Bonchev–Trinajstić information content (AvgIpc) is 3.57. The minimum Gasteiger partial charge on any atom is -0.457 e. The molecule has 0 aliphatic carbocycles. The van der Waals surface area contributed by atoms with Crippen LogP contribution in [-0.4, -0.2) is 120 Å². The highest BCUT2D eigenvalue weighted by molar-refractivity contribution is 7.99. The van der Waals surface area contributed by atoms with Crippen LogP contribution < -0.4 is 5.32 Å². The zero-order chi connectivity index (χ0) is 41.5. The number of ether oxygens (including phenoxy) is 5. The van der Waals surface area contributed by atoms with Crippen molar-refractivity contribution in [2.75, 3.05) is 33.5 Å². The molecule has 2 aromatic rings. The number of aliphatic hydroxyl groups is 1. The average molecular weight is 804 g/mol. The number of hydrogen-bond donors (Lipinski definition) is 2. The minimum atomic E-state index is -1.58. The molecule has 1 amide bonds. The number of allylic oxidation sites excluding steroid dienone is 1. The van der Waals surface area contributed by atoms with Crippen molar-refractivity contribution in [3.05, 3.63) is 35.9 Å². The van der Waals surface area contributed by atoms with Gasteiger partial charge in [0, 0.05) is 37.3 Å². The van der Waals surface area contributed by atoms with E-state index in [9.17, 15) is 24.3 Å². The zero-order valence-corrected chi connectivity index (χ0v) is 35.5. The van der Waals surface area contributed by atoms with Crippen molar-refractivity contribution < 1.29 is 52.4 Å². The predicted octanol–water partition coefficient (Wildman–Crippen LogP) is 5.73. The van der Waals surface area contributed by atoms with Gasteiger partial charge in [-0.3, -0.25) is 14.4 Å². The summed E-state index contributed by atoms with van der Waals surface area (Å²) in [6.07, 6.45) is -2.30. The number of carbonyl (C=O) groups excluding carboxylic acids is 4. The van der Waals surface area contributed by atoms with E-state index in [-0.39, 0.29) is 42.9 Å². The Morgan fingerprint density at radius 1 is 1.12 bits per heavy atom. The van der Waals surface area contributed by atoms with Gasteiger partial charge in [-0.25, -0.2) is 9.78 Å². The lowest BCUT2D eigenvalue weighted by atomic mass is 9.77. The molecule has 0 bridgehead atoms. The molecular weight excluding hydrogens is 743 g/mol. The first-order valence-electron chi connectivity index (χ1n) is 19.5. The summed E-state index contributed by atoms with van der Waals surface area (Å²) in [4.78, 5) is 61.7. The van der Waals surface area contributed by atoms with Crippen LogP contribution in [0.5, 0.6) is 0 Å². The van der Waals surface area contributed by atoms with E-state index < -0.39 is 71.4 Å². The number of alkyl carbamates (subject to hydrolysis) is 1. The number of rotatable bonds is 11. The number of ketones is 2. The van der Waals surface area contributed by atoms with Crippen LogP contribution in [0.1, 0.15) is 81.1 Å². The molecule has 2 aliphatic rings. The van der Waals surface area contributed by atoms with Gasteiger partial charge >= 0.3 is 12.1 Å². The van der Waals surface area contributed by atoms with Crippen molar-refractivity contribution in [3.8, 4) is 0 Å². The highest BCUT2D eigenvalue weighted by Crippen LogP contribution is 2.38. The molecule has 0 spiro atoms. The van der Waals surface area contributed by atoms with Gasteiger partial charge in [-0.15, -0.1) is 0 Å². The fraction of sp³-hybridized carbons (Fsp3) is 0.683. The number of hydrogen-bond acceptors (Lipinski definition) is 14. The molecule has 3 heterocycles. The molecule has 4 rings (SSSR count). The number of para-hydroxylation sites is 2. The van der Waals surface area contributed by atoms with E-state index in [0.717, 1.165) is 5.52 Å². The predicted molar refractivity (Wildman–Crippen MR) is 211 cm³/mol. The van der Waals surface area contributed by atoms with Crippen molar-refractivity contribution in [2.45, 2.75) is 134 Å². The van der Waals surface area contributed by atoms with Crippen LogP contribution in [0.3, 0.4) is 0 Å². The molecule has 11 atom stereocenters. The third-order valence-corrected chi connectivity index (χ3v) is 11.9. The number of thioether (sulfide) groups is 1. The van der Waals surface area contributed by atoms with Gasteiger partial charge in [0.1, 0.15) is 23.6 Å². The first-order chi connectivity index (χ1) is 26.3. The first-order valence-corrected chi connectivity index (χ1v) is 20.5. The van der Waals surface area contributed by atoms with Crippen molar-refractivity contribution in [2.24, 2.45) is 17.8 Å². The number of amides is 1. The number of oxazole rings is 1. The fourth-order valence-electron chi connectivity index (χ4n) is 7.76. The monoisotopic (exact) mass is 803 g/mol. The van der Waals surface area contributed by atoms with Gasteiger partial charge in [-0.05, 0) is 98.2 Å². The number of nitrogens with one attached hydrogen (secondary N) is 1. The number of likely N-dealkylation sites (N-methyl/N-ethyl adjacent to an activating group) is 1. The number of cyclic esters (lactones) is 1. The summed E-state index contributed by atoms with van der Waals surface area (Å²) in [5, 5.41) is 14.6. The van der Waals surface area contributed by atoms with E-state index in [4.69, 9.17) is 28.1 Å². The van der Waals surface area contributed by atoms with Gasteiger partial charge in [0.2, 0.25) is 0 Å². The molecule has 1 fully saturated rings. The molecule has 312 valence electrons. The fourth-order valence-corrected chi connectivity index (χ4v) is 8.54. The van der Waals surface area contributed by atoms with Gasteiger partial charge in [-0.2, -0.15) is 0 Å². The molecule has 0 radical (unpaired) electrons. The number of methoxy groups -OCH3 is 1. The lowest BCUT2D eigenvalue weighted by molar-refractivity contribution is -0.295. The van der Waals surface area contributed by atoms with Gasteiger partial charge < -0.3 is 43.4 Å². The normalized spacial score (nSPS) is 34.8. The number of Topliss-reactive ketones (excluding diaryl/α,β-unsaturated/α-hetero) is 2. The van der Waals surface area contributed by atoms with Crippen LogP contribution in [0, 0.1) is 17.8 Å². The van der Waals surface area contributed by atoms with E-state index in [1.54, 1.807) is 41.5 Å². The largest absolute Gasteiger partial charge is 0.457 e. The third-order valence-electron chi connectivity index (χ3n) is 11.0. The number of aliphatic hydroxyl groups excluding tert-OH is 1. The lowest BCUT2D eigenvalue weighted by Crippen LogP contribution is -2.59. The number of aromatic nitrogens is 1. The summed E-state index contributed by atoms with van der Waals surface area (Å²) >= 11 is 1.43. The Morgan fingerprint density at radius 2 is 1.82 bits per heavy atom. The van der Waals surface area contributed by atoms with Crippen molar-refractivity contribution >= 4 is 46.5 Å². The highest BCUT2D eigenvalue weighted by Gasteiger charge is 2.50. The maximum absolute atomic E-state index is 14.2. The molecule has 0 unspecified atom stereocenters. The molecule has 0 saturated carbocycles. The number of nitrogens with zero attached hydrogens (tertiary/aromatic N) is 2. The highest BCUT2D eigenvalue weighted by atomic mass is 32.2. The summed E-state index contributed by atoms with van der Waals surface area (Å²) in [5.74, 6) is -3.83. The molecule has 1 saturated heterocycles. The van der Waals surface area contributed by atoms with Crippen molar-refractivity contribution in [1.29, 1.82) is 0 Å². The lowest BCUT2D eigenvalue weighted by Gasteiger charge is -2.46. The van der Waals surface area contributed by atoms with Crippen LogP contribution in [0.25, 0.3) is 11.1 Å². The summed E-state index contributed by atoms with van der Waals surface area (Å²) in [6, 6.07) is 7.22. The van der Waals surface area contributed by atoms with Gasteiger partial charge in [0.15, 0.2) is 29.0 Å². The molecule has 14 nitrogen and oxygen atoms in total. The summed E-state index contributed by atoms with van der Waals surface area (Å²) in [5.41, 5.74) is -1.08. The van der Waals surface area contributed by atoms with Gasteiger partial charge in [0.05, 0.1) is 17.8 Å². The Balaban J connectivity index is 1.56. The molecule has 1 aromatic carbocycles. The van der Waals surface area contributed by atoms with E-state index in [1.165, 1.54) is 31.9 Å². The number of benzene rings is 1. The quantitative estimate of drug-likeness (QED) is 0.122. The maximum atomic E-state index is 14.2. The van der Waals surface area contributed by atoms with Gasteiger partial charge in [0.25, 0.3) is 5.22 Å². The third kappa shape index (κ3) is 10.8. The second-order valence-corrected chi connectivity index (χ2v) is 16.9. The molecule has 2 N–H and O–H groups in total. The van der Waals surface area contributed by atoms with E-state index >= 15 is 0 Å². The van der Waals surface area contributed by atoms with Gasteiger partial charge in [-0.1, -0.05) is 44.7 Å². The Kier molecular flexibility index (Phi) is 15.7. The smallest absolute Gasteiger partial charge is 0.408 e. The summed E-state index contributed by atoms with van der Waals surface area (Å²) in [6.45, 7) is 13.7. The second-order valence-electron chi connectivity index (χ2n) is 15.8. The maximum Gasteiger partial charge on any atom is 0.408 e. The van der Waals surface area contributed by atoms with Crippen LogP contribution in [0.2, 0.25) is 0 Å². The van der Waals surface area contributed by atoms with Crippen molar-refractivity contribution in [1.82, 2.24) is 15.2 Å². The number of fused-ring (bicyclic) bond motifs is 1. The Hall–Kier alpha value is -3.34. The number of esters is 1. The number of carbonyl (C=O) groups is 4. The molecule has 15 heteroatoms.